The third kappa shape index (κ3) is 3.79. The molecule has 2 aromatic carbocycles. The molecule has 2 aromatic rings. The van der Waals surface area contributed by atoms with Crippen LogP contribution in [-0.4, -0.2) is 23.5 Å². The van der Waals surface area contributed by atoms with Gasteiger partial charge in [-0.1, -0.05) is 42.5 Å². The van der Waals surface area contributed by atoms with Crippen molar-refractivity contribution in [3.05, 3.63) is 66.4 Å². The van der Waals surface area contributed by atoms with E-state index < -0.39 is 11.6 Å². The molecule has 0 N–H and O–H groups in total. The molecule has 0 aliphatic carbocycles. The van der Waals surface area contributed by atoms with Crippen molar-refractivity contribution in [2.24, 2.45) is 0 Å². The summed E-state index contributed by atoms with van der Waals surface area (Å²) in [5.74, 6) is -0.729. The molecule has 1 aliphatic rings. The van der Waals surface area contributed by atoms with Crippen molar-refractivity contribution < 1.29 is 19.1 Å². The smallest absolute Gasteiger partial charge is 0.355 e. The molecule has 0 fully saturated rings. The predicted molar refractivity (Wildman–Crippen MR) is 96.8 cm³/mol. The number of benzene rings is 2. The maximum atomic E-state index is 12.5. The second-order valence-corrected chi connectivity index (χ2v) is 6.35. The first-order chi connectivity index (χ1) is 12.0. The normalized spacial score (nSPS) is 20.2. The highest BCUT2D eigenvalue weighted by atomic mass is 16.6. The van der Waals surface area contributed by atoms with E-state index >= 15 is 0 Å². The van der Waals surface area contributed by atoms with Crippen molar-refractivity contribution in [3.8, 4) is 0 Å². The molecule has 25 heavy (non-hydrogen) atoms. The molecular weight excluding hydrogens is 316 g/mol. The Morgan fingerprint density at radius 1 is 1.20 bits per heavy atom. The second-order valence-electron chi connectivity index (χ2n) is 6.35. The molecule has 4 nitrogen and oxygen atoms in total. The number of allylic oxidation sites excluding steroid dienone is 1. The van der Waals surface area contributed by atoms with Crippen LogP contribution in [0, 0.1) is 0 Å². The number of ketones is 1. The number of carbonyl (C=O) groups excluding carboxylic acids is 2. The van der Waals surface area contributed by atoms with E-state index in [0.29, 0.717) is 0 Å². The summed E-state index contributed by atoms with van der Waals surface area (Å²) in [5, 5.41) is 2.24. The first kappa shape index (κ1) is 17.0. The molecule has 0 unspecified atom stereocenters. The lowest BCUT2D eigenvalue weighted by molar-refractivity contribution is -0.167. The van der Waals surface area contributed by atoms with E-state index in [4.69, 9.17) is 9.47 Å². The van der Waals surface area contributed by atoms with Crippen LogP contribution in [0.15, 0.2) is 60.9 Å². The zero-order valence-corrected chi connectivity index (χ0v) is 14.3. The van der Waals surface area contributed by atoms with Crippen molar-refractivity contribution in [3.63, 3.8) is 0 Å². The Kier molecular flexibility index (Phi) is 4.70. The minimum atomic E-state index is -1.41. The van der Waals surface area contributed by atoms with Crippen LogP contribution in [0.25, 0.3) is 16.8 Å². The average Bonchev–Trinajstić information content (AvgIpc) is 2.59. The predicted octanol–water partition coefficient (Wildman–Crippen LogP) is 4.05. The number of carbonyl (C=O) groups is 2. The summed E-state index contributed by atoms with van der Waals surface area (Å²) in [4.78, 5) is 24.4. The summed E-state index contributed by atoms with van der Waals surface area (Å²) >= 11 is 0. The summed E-state index contributed by atoms with van der Waals surface area (Å²) in [6.07, 6.45) is 5.63. The Labute approximate surface area is 146 Å². The lowest BCUT2D eigenvalue weighted by Gasteiger charge is -2.30. The zero-order chi connectivity index (χ0) is 17.9. The van der Waals surface area contributed by atoms with Gasteiger partial charge in [-0.05, 0) is 42.3 Å². The standard InChI is InChI=1S/C21H20O4/c1-15(2)25-20(23)21(14-19(22)10-12-24-21)11-9-16-7-8-17-5-3-4-6-18(17)13-16/h3-13,15H,14H2,1-2H3/b11-9+/t21-/m1/s1. The number of hydrogen-bond acceptors (Lipinski definition) is 4. The summed E-state index contributed by atoms with van der Waals surface area (Å²) < 4.78 is 10.8. The Bertz CT molecular complexity index is 863. The van der Waals surface area contributed by atoms with Crippen LogP contribution in [0.4, 0.5) is 0 Å². The second kappa shape index (κ2) is 6.93. The van der Waals surface area contributed by atoms with Crippen LogP contribution in [0.2, 0.25) is 0 Å². The monoisotopic (exact) mass is 336 g/mol. The minimum Gasteiger partial charge on any atom is -0.478 e. The van der Waals surface area contributed by atoms with E-state index in [1.807, 2.05) is 42.5 Å². The SMILES string of the molecule is CC(C)OC(=O)[C@@]1(/C=C/c2ccc3ccccc3c2)CC(=O)C=CO1. The van der Waals surface area contributed by atoms with Gasteiger partial charge in [-0.2, -0.15) is 0 Å². The molecule has 1 atom stereocenters. The summed E-state index contributed by atoms with van der Waals surface area (Å²) in [7, 11) is 0. The van der Waals surface area contributed by atoms with Crippen molar-refractivity contribution >= 4 is 28.6 Å². The van der Waals surface area contributed by atoms with Crippen LogP contribution in [0.1, 0.15) is 25.8 Å². The topological polar surface area (TPSA) is 52.6 Å². The van der Waals surface area contributed by atoms with Gasteiger partial charge in [-0.25, -0.2) is 4.79 Å². The van der Waals surface area contributed by atoms with Gasteiger partial charge in [-0.3, -0.25) is 4.79 Å². The Morgan fingerprint density at radius 3 is 2.68 bits per heavy atom. The van der Waals surface area contributed by atoms with E-state index in [2.05, 4.69) is 0 Å². The van der Waals surface area contributed by atoms with E-state index in [9.17, 15) is 9.59 Å². The molecule has 1 aliphatic heterocycles. The first-order valence-corrected chi connectivity index (χ1v) is 8.25. The number of hydrogen-bond donors (Lipinski definition) is 0. The molecule has 0 saturated carbocycles. The van der Waals surface area contributed by atoms with E-state index in [-0.39, 0.29) is 18.3 Å². The number of ether oxygens (including phenoxy) is 2. The first-order valence-electron chi connectivity index (χ1n) is 8.25. The molecule has 0 aromatic heterocycles. The lowest BCUT2D eigenvalue weighted by Crippen LogP contribution is -2.44. The van der Waals surface area contributed by atoms with Crippen LogP contribution < -0.4 is 0 Å². The van der Waals surface area contributed by atoms with E-state index in [1.165, 1.54) is 12.3 Å². The van der Waals surface area contributed by atoms with Gasteiger partial charge >= 0.3 is 5.97 Å². The van der Waals surface area contributed by atoms with Gasteiger partial charge in [0, 0.05) is 6.08 Å². The van der Waals surface area contributed by atoms with Crippen LogP contribution in [0.3, 0.4) is 0 Å². The minimum absolute atomic E-state index is 0.0703. The van der Waals surface area contributed by atoms with Crippen molar-refractivity contribution in [1.29, 1.82) is 0 Å². The molecular formula is C21H20O4. The van der Waals surface area contributed by atoms with Gasteiger partial charge in [0.05, 0.1) is 18.8 Å². The molecule has 128 valence electrons. The Balaban J connectivity index is 1.93. The molecule has 1 heterocycles. The Morgan fingerprint density at radius 2 is 1.96 bits per heavy atom. The fourth-order valence-electron chi connectivity index (χ4n) is 2.73. The molecule has 0 spiro atoms. The van der Waals surface area contributed by atoms with Gasteiger partial charge in [0.2, 0.25) is 5.60 Å². The maximum Gasteiger partial charge on any atom is 0.355 e. The number of esters is 1. The van der Waals surface area contributed by atoms with Gasteiger partial charge in [-0.15, -0.1) is 0 Å². The number of rotatable bonds is 4. The quantitative estimate of drug-likeness (QED) is 0.791. The van der Waals surface area contributed by atoms with E-state index in [0.717, 1.165) is 16.3 Å². The molecule has 3 rings (SSSR count). The third-order valence-corrected chi connectivity index (χ3v) is 3.98. The van der Waals surface area contributed by atoms with Crippen LogP contribution >= 0.6 is 0 Å². The van der Waals surface area contributed by atoms with Crippen LogP contribution in [0.5, 0.6) is 0 Å². The van der Waals surface area contributed by atoms with E-state index in [1.54, 1.807) is 26.0 Å². The van der Waals surface area contributed by atoms with Gasteiger partial charge in [0.25, 0.3) is 0 Å². The fraction of sp³-hybridized carbons (Fsp3) is 0.238. The molecule has 0 saturated heterocycles. The molecule has 0 radical (unpaired) electrons. The highest BCUT2D eigenvalue weighted by Crippen LogP contribution is 2.27. The molecule has 0 amide bonds. The highest BCUT2D eigenvalue weighted by Gasteiger charge is 2.43. The molecule has 4 heteroatoms. The van der Waals surface area contributed by atoms with Crippen LogP contribution in [-0.2, 0) is 19.1 Å². The fourth-order valence-corrected chi connectivity index (χ4v) is 2.73. The van der Waals surface area contributed by atoms with Gasteiger partial charge in [0.1, 0.15) is 0 Å². The summed E-state index contributed by atoms with van der Waals surface area (Å²) in [6, 6.07) is 14.0. The third-order valence-electron chi connectivity index (χ3n) is 3.98. The lowest BCUT2D eigenvalue weighted by atomic mass is 9.93. The zero-order valence-electron chi connectivity index (χ0n) is 14.3. The average molecular weight is 336 g/mol. The summed E-state index contributed by atoms with van der Waals surface area (Å²) in [5.41, 5.74) is -0.497. The Hall–Kier alpha value is -2.88. The largest absolute Gasteiger partial charge is 0.478 e. The van der Waals surface area contributed by atoms with Crippen molar-refractivity contribution in [1.82, 2.24) is 0 Å². The van der Waals surface area contributed by atoms with Gasteiger partial charge in [0.15, 0.2) is 5.78 Å². The van der Waals surface area contributed by atoms with Crippen molar-refractivity contribution in [2.75, 3.05) is 0 Å². The van der Waals surface area contributed by atoms with Crippen molar-refractivity contribution in [2.45, 2.75) is 32.0 Å². The highest BCUT2D eigenvalue weighted by molar-refractivity contribution is 5.98. The molecule has 0 bridgehead atoms. The maximum absolute atomic E-state index is 12.5. The number of fused-ring (bicyclic) bond motifs is 1. The summed E-state index contributed by atoms with van der Waals surface area (Å²) in [6.45, 7) is 3.53. The van der Waals surface area contributed by atoms with Gasteiger partial charge < -0.3 is 9.47 Å².